The summed E-state index contributed by atoms with van der Waals surface area (Å²) < 4.78 is 6.34. The second kappa shape index (κ2) is 12.0. The molecule has 44 heavy (non-hydrogen) atoms. The van der Waals surface area contributed by atoms with E-state index in [9.17, 15) is 30.3 Å². The lowest BCUT2D eigenvalue weighted by atomic mass is 9.55. The Morgan fingerprint density at radius 3 is 1.61 bits per heavy atom. The molecule has 1 saturated heterocycles. The Labute approximate surface area is 258 Å². The fourth-order valence-electron chi connectivity index (χ4n) is 6.77. The van der Waals surface area contributed by atoms with Crippen molar-refractivity contribution in [3.63, 3.8) is 0 Å². The first-order valence-corrected chi connectivity index (χ1v) is 14.8. The zero-order valence-corrected chi connectivity index (χ0v) is 25.2. The Bertz CT molecular complexity index is 1590. The molecule has 0 spiro atoms. The molecule has 1 fully saturated rings. The SMILES string of the molecule is CC(=O)C(O)[C@H]1OC(O)(c2ccc(C)cc2C)[C@](O)(Cc2ccccc2)[C@](O)(Cc2ccccc2)[C@@]1(O)Cc1ccccc1. The number of aliphatic hydroxyl groups is 5. The standard InChI is InChI=1S/C37H40O7/c1-25-19-20-31(26(2)21-25)37(43)36(42,24-30-17-11-6-12-18-30)35(41,23-29-15-9-5-10-16-29)34(40,22-28-13-7-4-8-14-28)33(44-37)32(39)27(3)38/h4-21,32-33,39-43H,22-24H2,1-3H3/t32?,33-,34-,35+,36+,37?/m1/s1. The average molecular weight is 597 g/mol. The van der Waals surface area contributed by atoms with Gasteiger partial charge in [0.05, 0.1) is 0 Å². The molecule has 7 heteroatoms. The molecule has 2 unspecified atom stereocenters. The first kappa shape index (κ1) is 31.7. The maximum atomic E-state index is 13.3. The lowest BCUT2D eigenvalue weighted by Gasteiger charge is -2.65. The molecular weight excluding hydrogens is 556 g/mol. The van der Waals surface area contributed by atoms with Gasteiger partial charge in [0, 0.05) is 24.8 Å². The lowest BCUT2D eigenvalue weighted by Crippen LogP contribution is -2.86. The lowest BCUT2D eigenvalue weighted by molar-refractivity contribution is -0.451. The van der Waals surface area contributed by atoms with Crippen LogP contribution in [0.1, 0.15) is 40.3 Å². The van der Waals surface area contributed by atoms with Crippen LogP contribution in [0, 0.1) is 13.8 Å². The number of ether oxygens (including phenoxy) is 1. The van der Waals surface area contributed by atoms with Crippen molar-refractivity contribution in [1.29, 1.82) is 0 Å². The van der Waals surface area contributed by atoms with Gasteiger partial charge in [-0.3, -0.25) is 4.79 Å². The summed E-state index contributed by atoms with van der Waals surface area (Å²) in [5.74, 6) is -3.44. The molecule has 0 aliphatic carbocycles. The zero-order chi connectivity index (χ0) is 31.8. The number of hydrogen-bond acceptors (Lipinski definition) is 7. The van der Waals surface area contributed by atoms with Gasteiger partial charge in [-0.25, -0.2) is 0 Å². The molecule has 230 valence electrons. The Hall–Kier alpha value is -3.69. The predicted molar refractivity (Wildman–Crippen MR) is 167 cm³/mol. The molecule has 1 aliphatic heterocycles. The molecule has 5 rings (SSSR count). The number of rotatable bonds is 9. The number of aryl methyl sites for hydroxylation is 2. The summed E-state index contributed by atoms with van der Waals surface area (Å²) in [4.78, 5) is 12.8. The van der Waals surface area contributed by atoms with Crippen molar-refractivity contribution in [2.75, 3.05) is 0 Å². The molecule has 0 radical (unpaired) electrons. The van der Waals surface area contributed by atoms with Crippen molar-refractivity contribution in [3.05, 3.63) is 143 Å². The number of ketones is 1. The van der Waals surface area contributed by atoms with E-state index in [0.29, 0.717) is 22.3 Å². The van der Waals surface area contributed by atoms with Gasteiger partial charge in [0.25, 0.3) is 0 Å². The number of carbonyl (C=O) groups is 1. The second-order valence-electron chi connectivity index (χ2n) is 12.2. The minimum atomic E-state index is -2.70. The molecular formula is C37H40O7. The summed E-state index contributed by atoms with van der Waals surface area (Å²) >= 11 is 0. The quantitative estimate of drug-likeness (QED) is 0.199. The molecule has 4 aromatic carbocycles. The molecule has 0 aromatic heterocycles. The van der Waals surface area contributed by atoms with Crippen LogP contribution in [-0.4, -0.2) is 60.3 Å². The normalized spacial score (nSPS) is 29.2. The molecule has 4 aromatic rings. The topological polar surface area (TPSA) is 127 Å². The minimum Gasteiger partial charge on any atom is -0.384 e. The van der Waals surface area contributed by atoms with E-state index in [1.54, 1.807) is 110 Å². The van der Waals surface area contributed by atoms with E-state index in [4.69, 9.17) is 4.74 Å². The minimum absolute atomic E-state index is 0.135. The third-order valence-electron chi connectivity index (χ3n) is 9.10. The number of Topliss-reactive ketones (excluding diaryl/α,β-unsaturated/α-hetero) is 1. The van der Waals surface area contributed by atoms with E-state index in [-0.39, 0.29) is 24.8 Å². The Morgan fingerprint density at radius 2 is 1.16 bits per heavy atom. The molecule has 7 nitrogen and oxygen atoms in total. The van der Waals surface area contributed by atoms with Crippen molar-refractivity contribution >= 4 is 5.78 Å². The highest BCUT2D eigenvalue weighted by Gasteiger charge is 2.78. The van der Waals surface area contributed by atoms with Crippen LogP contribution < -0.4 is 0 Å². The third kappa shape index (κ3) is 5.30. The first-order valence-electron chi connectivity index (χ1n) is 14.8. The van der Waals surface area contributed by atoms with Gasteiger partial charge < -0.3 is 30.3 Å². The van der Waals surface area contributed by atoms with Crippen LogP contribution in [-0.2, 0) is 34.6 Å². The Kier molecular flexibility index (Phi) is 8.66. The number of carbonyl (C=O) groups excluding carboxylic acids is 1. The first-order chi connectivity index (χ1) is 20.8. The highest BCUT2D eigenvalue weighted by atomic mass is 16.7. The molecule has 0 amide bonds. The van der Waals surface area contributed by atoms with Crippen LogP contribution >= 0.6 is 0 Å². The van der Waals surface area contributed by atoms with Crippen LogP contribution in [0.2, 0.25) is 0 Å². The highest BCUT2D eigenvalue weighted by molar-refractivity contribution is 5.81. The van der Waals surface area contributed by atoms with Gasteiger partial charge in [-0.15, -0.1) is 0 Å². The molecule has 5 N–H and O–H groups in total. The van der Waals surface area contributed by atoms with Gasteiger partial charge in [0.15, 0.2) is 11.4 Å². The van der Waals surface area contributed by atoms with Crippen molar-refractivity contribution < 1.29 is 35.1 Å². The van der Waals surface area contributed by atoms with Gasteiger partial charge in [-0.1, -0.05) is 115 Å². The summed E-state index contributed by atoms with van der Waals surface area (Å²) in [6.45, 7) is 4.77. The van der Waals surface area contributed by atoms with E-state index >= 15 is 0 Å². The second-order valence-corrected chi connectivity index (χ2v) is 12.2. The van der Waals surface area contributed by atoms with Crippen molar-refractivity contribution in [3.8, 4) is 0 Å². The van der Waals surface area contributed by atoms with Gasteiger partial charge in [0.1, 0.15) is 23.4 Å². The van der Waals surface area contributed by atoms with Gasteiger partial charge in [0.2, 0.25) is 5.79 Å². The molecule has 1 heterocycles. The number of hydrogen-bond donors (Lipinski definition) is 5. The molecule has 1 aliphatic rings. The van der Waals surface area contributed by atoms with Crippen LogP contribution in [0.4, 0.5) is 0 Å². The summed E-state index contributed by atoms with van der Waals surface area (Å²) in [6, 6.07) is 31.6. The van der Waals surface area contributed by atoms with Gasteiger partial charge >= 0.3 is 0 Å². The molecule has 0 bridgehead atoms. The fraction of sp³-hybridized carbons (Fsp3) is 0.324. The van der Waals surface area contributed by atoms with E-state index in [2.05, 4.69) is 0 Å². The monoisotopic (exact) mass is 596 g/mol. The van der Waals surface area contributed by atoms with E-state index in [1.165, 1.54) is 0 Å². The Balaban J connectivity index is 1.86. The molecule has 0 saturated carbocycles. The summed E-state index contributed by atoms with van der Waals surface area (Å²) in [7, 11) is 0. The Morgan fingerprint density at radius 1 is 0.705 bits per heavy atom. The summed E-state index contributed by atoms with van der Waals surface area (Å²) in [6.07, 6.45) is -4.81. The third-order valence-corrected chi connectivity index (χ3v) is 9.10. The van der Waals surface area contributed by atoms with E-state index < -0.39 is 40.6 Å². The smallest absolute Gasteiger partial charge is 0.226 e. The maximum absolute atomic E-state index is 13.3. The van der Waals surface area contributed by atoms with Gasteiger partial charge in [-0.2, -0.15) is 0 Å². The van der Waals surface area contributed by atoms with E-state index in [0.717, 1.165) is 12.5 Å². The zero-order valence-electron chi connectivity index (χ0n) is 25.2. The van der Waals surface area contributed by atoms with Crippen LogP contribution in [0.3, 0.4) is 0 Å². The van der Waals surface area contributed by atoms with Gasteiger partial charge in [-0.05, 0) is 43.0 Å². The van der Waals surface area contributed by atoms with Crippen molar-refractivity contribution in [2.45, 2.75) is 74.8 Å². The number of aliphatic hydroxyl groups excluding tert-OH is 1. The van der Waals surface area contributed by atoms with Crippen LogP contribution in [0.15, 0.2) is 109 Å². The maximum Gasteiger partial charge on any atom is 0.226 e. The van der Waals surface area contributed by atoms with Crippen molar-refractivity contribution in [2.24, 2.45) is 0 Å². The highest BCUT2D eigenvalue weighted by Crippen LogP contribution is 2.57. The number of benzene rings is 4. The van der Waals surface area contributed by atoms with Crippen molar-refractivity contribution in [1.82, 2.24) is 0 Å². The van der Waals surface area contributed by atoms with E-state index in [1.807, 2.05) is 13.0 Å². The van der Waals surface area contributed by atoms with Crippen LogP contribution in [0.25, 0.3) is 0 Å². The fourth-order valence-corrected chi connectivity index (χ4v) is 6.77. The molecule has 6 atom stereocenters. The summed E-state index contributed by atoms with van der Waals surface area (Å²) in [5.41, 5.74) is -4.51. The average Bonchev–Trinajstić information content (AvgIpc) is 3.00. The predicted octanol–water partition coefficient (Wildman–Crippen LogP) is 3.72. The largest absolute Gasteiger partial charge is 0.384 e. The van der Waals surface area contributed by atoms with Crippen LogP contribution in [0.5, 0.6) is 0 Å². The summed E-state index contributed by atoms with van der Waals surface area (Å²) in [5, 5.41) is 63.6.